The number of hydrogen-bond acceptors (Lipinski definition) is 4. The molecule has 6 nitrogen and oxygen atoms in total. The van der Waals surface area contributed by atoms with Crippen LogP contribution in [0.4, 0.5) is 4.79 Å². The minimum atomic E-state index is -0.760. The first-order valence-electron chi connectivity index (χ1n) is 9.28. The second-order valence-corrected chi connectivity index (χ2v) is 7.20. The van der Waals surface area contributed by atoms with Crippen LogP contribution in [0.2, 0.25) is 0 Å². The van der Waals surface area contributed by atoms with E-state index in [1.165, 1.54) is 12.0 Å². The molecule has 0 spiro atoms. The van der Waals surface area contributed by atoms with Crippen molar-refractivity contribution in [3.05, 3.63) is 41.2 Å². The number of nitrogens with zero attached hydrogens (tertiary/aromatic N) is 3. The van der Waals surface area contributed by atoms with E-state index in [4.69, 9.17) is 0 Å². The summed E-state index contributed by atoms with van der Waals surface area (Å²) >= 11 is 0. The minimum absolute atomic E-state index is 0.0309. The van der Waals surface area contributed by atoms with Gasteiger partial charge in [0.05, 0.1) is 12.2 Å². The molecule has 1 fully saturated rings. The maximum Gasteiger partial charge on any atom is 0.334 e. The molecule has 138 valence electrons. The van der Waals surface area contributed by atoms with Gasteiger partial charge in [-0.2, -0.15) is 0 Å². The van der Waals surface area contributed by atoms with Crippen LogP contribution in [-0.4, -0.2) is 39.2 Å². The summed E-state index contributed by atoms with van der Waals surface area (Å²) in [6.07, 6.45) is 7.26. The lowest BCUT2D eigenvalue weighted by Crippen LogP contribution is -2.34. The number of aromatic nitrogens is 1. The summed E-state index contributed by atoms with van der Waals surface area (Å²) in [5.41, 5.74) is 2.78. The van der Waals surface area contributed by atoms with Crippen molar-refractivity contribution in [3.8, 4) is 0 Å². The maximum absolute atomic E-state index is 12.6. The van der Waals surface area contributed by atoms with Crippen molar-refractivity contribution in [2.45, 2.75) is 58.4 Å². The van der Waals surface area contributed by atoms with E-state index in [0.29, 0.717) is 12.1 Å². The highest BCUT2D eigenvalue weighted by atomic mass is 16.2. The molecule has 26 heavy (non-hydrogen) atoms. The Morgan fingerprint density at radius 1 is 1.08 bits per heavy atom. The van der Waals surface area contributed by atoms with Gasteiger partial charge in [0.15, 0.2) is 0 Å². The van der Waals surface area contributed by atoms with E-state index < -0.39 is 17.8 Å². The van der Waals surface area contributed by atoms with Gasteiger partial charge in [0.2, 0.25) is 0 Å². The number of carbonyl (C=O) groups excluding carboxylic acids is 3. The van der Waals surface area contributed by atoms with Gasteiger partial charge >= 0.3 is 17.8 Å². The molecule has 1 aromatic rings. The maximum atomic E-state index is 12.6. The first-order valence-corrected chi connectivity index (χ1v) is 9.28. The average molecular weight is 355 g/mol. The van der Waals surface area contributed by atoms with E-state index in [1.54, 1.807) is 6.07 Å². The second-order valence-electron chi connectivity index (χ2n) is 7.20. The Morgan fingerprint density at radius 3 is 2.54 bits per heavy atom. The number of hydrogen-bond donors (Lipinski definition) is 0. The molecule has 6 heteroatoms. The van der Waals surface area contributed by atoms with Crippen LogP contribution in [-0.2, 0) is 16.1 Å². The van der Waals surface area contributed by atoms with E-state index in [-0.39, 0.29) is 19.0 Å². The molecule has 2 heterocycles. The first kappa shape index (κ1) is 18.3. The summed E-state index contributed by atoms with van der Waals surface area (Å²) in [6.45, 7) is 4.36. The van der Waals surface area contributed by atoms with Crippen molar-refractivity contribution in [2.75, 3.05) is 6.54 Å². The summed E-state index contributed by atoms with van der Waals surface area (Å²) in [5, 5.41) is 0. The quantitative estimate of drug-likeness (QED) is 0.445. The monoisotopic (exact) mass is 355 g/mol. The number of imide groups is 2. The van der Waals surface area contributed by atoms with E-state index in [9.17, 15) is 14.4 Å². The van der Waals surface area contributed by atoms with E-state index >= 15 is 0 Å². The fourth-order valence-electron chi connectivity index (χ4n) is 3.34. The van der Waals surface area contributed by atoms with Crippen molar-refractivity contribution in [2.24, 2.45) is 0 Å². The van der Waals surface area contributed by atoms with Crippen molar-refractivity contribution < 1.29 is 14.4 Å². The molecule has 0 saturated carbocycles. The van der Waals surface area contributed by atoms with Gasteiger partial charge in [-0.05, 0) is 50.2 Å². The van der Waals surface area contributed by atoms with Crippen molar-refractivity contribution in [3.63, 3.8) is 0 Å². The fourth-order valence-corrected chi connectivity index (χ4v) is 3.34. The van der Waals surface area contributed by atoms with E-state index in [1.807, 2.05) is 26.0 Å². The molecule has 0 unspecified atom stereocenters. The second kappa shape index (κ2) is 7.81. The number of carbonyl (C=O) groups is 3. The van der Waals surface area contributed by atoms with Crippen LogP contribution in [0.5, 0.6) is 0 Å². The van der Waals surface area contributed by atoms with Crippen LogP contribution in [0.25, 0.3) is 0 Å². The molecule has 0 radical (unpaired) electrons. The summed E-state index contributed by atoms with van der Waals surface area (Å²) < 4.78 is 0. The lowest BCUT2D eigenvalue weighted by atomic mass is 9.97. The molecule has 4 amide bonds. The van der Waals surface area contributed by atoms with Crippen LogP contribution >= 0.6 is 0 Å². The smallest absolute Gasteiger partial charge is 0.263 e. The molecule has 1 saturated heterocycles. The van der Waals surface area contributed by atoms with Gasteiger partial charge in [-0.3, -0.25) is 19.5 Å². The van der Waals surface area contributed by atoms with E-state index in [0.717, 1.165) is 34.8 Å². The lowest BCUT2D eigenvalue weighted by Gasteiger charge is -2.18. The minimum Gasteiger partial charge on any atom is -0.263 e. The van der Waals surface area contributed by atoms with Crippen molar-refractivity contribution in [1.82, 2.24) is 14.8 Å². The molecule has 0 bridgehead atoms. The topological polar surface area (TPSA) is 70.6 Å². The summed E-state index contributed by atoms with van der Waals surface area (Å²) in [4.78, 5) is 43.7. The van der Waals surface area contributed by atoms with Crippen LogP contribution in [0.3, 0.4) is 0 Å². The Kier molecular flexibility index (Phi) is 5.49. The number of amides is 4. The molecule has 2 aliphatic rings. The summed E-state index contributed by atoms with van der Waals surface area (Å²) in [7, 11) is 0. The van der Waals surface area contributed by atoms with Gasteiger partial charge in [0.1, 0.15) is 0 Å². The third kappa shape index (κ3) is 3.84. The van der Waals surface area contributed by atoms with Crippen molar-refractivity contribution in [1.29, 1.82) is 0 Å². The zero-order valence-electron chi connectivity index (χ0n) is 15.4. The molecule has 1 aliphatic carbocycles. The average Bonchev–Trinajstić information content (AvgIpc) is 2.84. The van der Waals surface area contributed by atoms with Crippen molar-refractivity contribution >= 4 is 17.8 Å². The highest BCUT2D eigenvalue weighted by Crippen LogP contribution is 2.22. The van der Waals surface area contributed by atoms with Crippen LogP contribution < -0.4 is 0 Å². The Hall–Kier alpha value is -2.50. The Labute approximate surface area is 153 Å². The predicted octanol–water partition coefficient (Wildman–Crippen LogP) is 3.39. The standard InChI is InChI=1S/C20H25N3O3/c1-14(2)17-10-6-9-16(21-17)13-23-19(25)18(24)22(20(23)26)12-11-15-7-4-3-5-8-15/h6-7,9-10,14H,3-5,8,11-13H2,1-2H3. The van der Waals surface area contributed by atoms with Gasteiger partial charge in [0, 0.05) is 12.2 Å². The van der Waals surface area contributed by atoms with Gasteiger partial charge in [0.25, 0.3) is 0 Å². The Bertz CT molecular complexity index is 754. The predicted molar refractivity (Wildman–Crippen MR) is 97.2 cm³/mol. The number of allylic oxidation sites excluding steroid dienone is 1. The van der Waals surface area contributed by atoms with Gasteiger partial charge < -0.3 is 0 Å². The highest BCUT2D eigenvalue weighted by Gasteiger charge is 2.44. The Morgan fingerprint density at radius 2 is 1.85 bits per heavy atom. The third-order valence-electron chi connectivity index (χ3n) is 4.92. The van der Waals surface area contributed by atoms with Gasteiger partial charge in [-0.25, -0.2) is 9.69 Å². The number of urea groups is 1. The highest BCUT2D eigenvalue weighted by molar-refractivity contribution is 6.44. The molecular formula is C20H25N3O3. The normalized spacial score (nSPS) is 18.1. The largest absolute Gasteiger partial charge is 0.334 e. The SMILES string of the molecule is CC(C)c1cccc(CN2C(=O)C(=O)N(CCC3=CCCCC3)C2=O)n1. The van der Waals surface area contributed by atoms with Crippen LogP contribution in [0, 0.1) is 0 Å². The molecule has 1 aliphatic heterocycles. The summed E-state index contributed by atoms with van der Waals surface area (Å²) in [6, 6.07) is 5.01. The number of rotatable bonds is 6. The lowest BCUT2D eigenvalue weighted by molar-refractivity contribution is -0.143. The Balaban J connectivity index is 1.68. The van der Waals surface area contributed by atoms with Gasteiger partial charge in [-0.1, -0.05) is 31.6 Å². The van der Waals surface area contributed by atoms with Crippen LogP contribution in [0.1, 0.15) is 63.3 Å². The zero-order valence-corrected chi connectivity index (χ0v) is 15.4. The first-order chi connectivity index (χ1) is 12.5. The molecule has 1 aromatic heterocycles. The molecule has 0 atom stereocenters. The summed E-state index contributed by atoms with van der Waals surface area (Å²) in [5.74, 6) is -1.24. The fraction of sp³-hybridized carbons (Fsp3) is 0.500. The molecule has 0 aromatic carbocycles. The number of pyridine rings is 1. The molecular weight excluding hydrogens is 330 g/mol. The third-order valence-corrected chi connectivity index (χ3v) is 4.92. The van der Waals surface area contributed by atoms with E-state index in [2.05, 4.69) is 11.1 Å². The molecule has 3 rings (SSSR count). The van der Waals surface area contributed by atoms with Crippen LogP contribution in [0.15, 0.2) is 29.8 Å². The van der Waals surface area contributed by atoms with Gasteiger partial charge in [-0.15, -0.1) is 0 Å². The zero-order chi connectivity index (χ0) is 18.7. The molecule has 0 N–H and O–H groups in total.